The Morgan fingerprint density at radius 1 is 1.33 bits per heavy atom. The summed E-state index contributed by atoms with van der Waals surface area (Å²) < 4.78 is 13.9. The Kier molecular flexibility index (Phi) is 3.01. The maximum Gasteiger partial charge on any atom is 0.230 e. The normalized spacial score (nSPS) is 10.7. The van der Waals surface area contributed by atoms with Crippen LogP contribution in [0.4, 0.5) is 4.39 Å². The van der Waals surface area contributed by atoms with E-state index in [-0.39, 0.29) is 0 Å². The second-order valence-electron chi connectivity index (χ2n) is 3.17. The maximum atomic E-state index is 13.4. The van der Waals surface area contributed by atoms with E-state index in [0.29, 0.717) is 15.1 Å². The van der Waals surface area contributed by atoms with Crippen molar-refractivity contribution in [3.63, 3.8) is 0 Å². The van der Waals surface area contributed by atoms with Gasteiger partial charge in [-0.1, -0.05) is 0 Å². The highest BCUT2D eigenvalue weighted by atomic mass is 127. The van der Waals surface area contributed by atoms with Crippen molar-refractivity contribution in [3.05, 3.63) is 32.2 Å². The first-order valence-electron chi connectivity index (χ1n) is 4.33. The number of hydrogen-bond donors (Lipinski definition) is 0. The molecule has 2 rings (SSSR count). The fraction of sp³-hybridized carbons (Fsp3) is 0.200. The minimum absolute atomic E-state index is 0.439. The third-order valence-corrected chi connectivity index (χ3v) is 4.28. The van der Waals surface area contributed by atoms with Gasteiger partial charge in [-0.15, -0.1) is 11.3 Å². The first-order valence-corrected chi connectivity index (χ1v) is 6.29. The molecule has 0 N–H and O–H groups in total. The molecule has 2 aromatic rings. The van der Waals surface area contributed by atoms with Gasteiger partial charge in [0.15, 0.2) is 5.82 Å². The zero-order chi connectivity index (χ0) is 11.0. The van der Waals surface area contributed by atoms with Gasteiger partial charge in [-0.05, 0) is 53.4 Å². The summed E-state index contributed by atoms with van der Waals surface area (Å²) >= 11 is 3.45. The molecule has 15 heavy (non-hydrogen) atoms. The molecule has 0 amide bonds. The SMILES string of the molecule is Cc1ccsc1-c1nc(C)c(I)c(F)n1. The topological polar surface area (TPSA) is 25.8 Å². The maximum absolute atomic E-state index is 13.4. The molecule has 2 aromatic heterocycles. The van der Waals surface area contributed by atoms with Crippen LogP contribution < -0.4 is 0 Å². The molecular weight excluding hydrogens is 326 g/mol. The highest BCUT2D eigenvalue weighted by Gasteiger charge is 2.12. The lowest BCUT2D eigenvalue weighted by atomic mass is 10.3. The standard InChI is InChI=1S/C10H8FIN2S/c1-5-3-4-15-8(5)10-13-6(2)7(12)9(11)14-10/h3-4H,1-2H3. The summed E-state index contributed by atoms with van der Waals surface area (Å²) in [5.41, 5.74) is 1.77. The first kappa shape index (κ1) is 10.9. The monoisotopic (exact) mass is 334 g/mol. The van der Waals surface area contributed by atoms with Gasteiger partial charge in [0.05, 0.1) is 14.1 Å². The zero-order valence-corrected chi connectivity index (χ0v) is 11.2. The molecule has 0 unspecified atom stereocenters. The van der Waals surface area contributed by atoms with Gasteiger partial charge in [0, 0.05) is 0 Å². The van der Waals surface area contributed by atoms with E-state index in [1.165, 1.54) is 11.3 Å². The van der Waals surface area contributed by atoms with Gasteiger partial charge in [-0.25, -0.2) is 4.98 Å². The Bertz CT molecular complexity index is 487. The van der Waals surface area contributed by atoms with Crippen molar-refractivity contribution in [1.82, 2.24) is 9.97 Å². The highest BCUT2D eigenvalue weighted by molar-refractivity contribution is 14.1. The van der Waals surface area contributed by atoms with Crippen LogP contribution in [0, 0.1) is 23.4 Å². The number of nitrogens with zero attached hydrogens (tertiary/aromatic N) is 2. The Morgan fingerprint density at radius 3 is 2.60 bits per heavy atom. The van der Waals surface area contributed by atoms with Crippen LogP contribution in [-0.4, -0.2) is 9.97 Å². The Balaban J connectivity index is 2.60. The van der Waals surface area contributed by atoms with E-state index >= 15 is 0 Å². The van der Waals surface area contributed by atoms with Crippen LogP contribution in [0.5, 0.6) is 0 Å². The number of aromatic nitrogens is 2. The summed E-state index contributed by atoms with van der Waals surface area (Å²) in [6, 6.07) is 1.98. The van der Waals surface area contributed by atoms with Crippen LogP contribution in [0.25, 0.3) is 10.7 Å². The minimum atomic E-state index is -0.439. The number of rotatable bonds is 1. The van der Waals surface area contributed by atoms with Crippen LogP contribution >= 0.6 is 33.9 Å². The van der Waals surface area contributed by atoms with Crippen molar-refractivity contribution >= 4 is 33.9 Å². The van der Waals surface area contributed by atoms with Crippen LogP contribution in [0.1, 0.15) is 11.3 Å². The summed E-state index contributed by atoms with van der Waals surface area (Å²) in [5.74, 6) is 0.0452. The van der Waals surface area contributed by atoms with E-state index in [1.807, 2.05) is 41.0 Å². The molecule has 0 saturated heterocycles. The molecule has 0 saturated carbocycles. The molecule has 0 fully saturated rings. The molecule has 2 nitrogen and oxygen atoms in total. The van der Waals surface area contributed by atoms with Crippen molar-refractivity contribution < 1.29 is 4.39 Å². The molecule has 2 heterocycles. The molecule has 0 atom stereocenters. The van der Waals surface area contributed by atoms with E-state index in [0.717, 1.165) is 10.4 Å². The summed E-state index contributed by atoms with van der Waals surface area (Å²) in [5, 5.41) is 1.96. The molecule has 0 bridgehead atoms. The summed E-state index contributed by atoms with van der Waals surface area (Å²) in [6.45, 7) is 3.76. The van der Waals surface area contributed by atoms with Gasteiger partial charge >= 0.3 is 0 Å². The van der Waals surface area contributed by atoms with Crippen LogP contribution in [0.2, 0.25) is 0 Å². The molecule has 0 aliphatic rings. The third-order valence-electron chi connectivity index (χ3n) is 2.04. The quantitative estimate of drug-likeness (QED) is 0.589. The summed E-state index contributed by atoms with van der Waals surface area (Å²) in [4.78, 5) is 9.09. The number of aryl methyl sites for hydroxylation is 2. The summed E-state index contributed by atoms with van der Waals surface area (Å²) in [7, 11) is 0. The Hall–Kier alpha value is -0.560. The van der Waals surface area contributed by atoms with Crippen LogP contribution in [0.3, 0.4) is 0 Å². The van der Waals surface area contributed by atoms with E-state index < -0.39 is 5.95 Å². The van der Waals surface area contributed by atoms with Crippen molar-refractivity contribution in [2.75, 3.05) is 0 Å². The lowest BCUT2D eigenvalue weighted by Gasteiger charge is -2.02. The van der Waals surface area contributed by atoms with Crippen molar-refractivity contribution in [3.8, 4) is 10.7 Å². The van der Waals surface area contributed by atoms with E-state index in [9.17, 15) is 4.39 Å². The van der Waals surface area contributed by atoms with Crippen molar-refractivity contribution in [2.45, 2.75) is 13.8 Å². The van der Waals surface area contributed by atoms with Gasteiger partial charge in [-0.2, -0.15) is 9.37 Å². The lowest BCUT2D eigenvalue weighted by molar-refractivity contribution is 0.571. The summed E-state index contributed by atoms with van der Waals surface area (Å²) in [6.07, 6.45) is 0. The van der Waals surface area contributed by atoms with E-state index in [1.54, 1.807) is 6.92 Å². The number of hydrogen-bond acceptors (Lipinski definition) is 3. The molecule has 0 aliphatic heterocycles. The zero-order valence-electron chi connectivity index (χ0n) is 8.21. The van der Waals surface area contributed by atoms with Gasteiger partial charge in [0.2, 0.25) is 5.95 Å². The molecular formula is C10H8FIN2S. The molecule has 78 valence electrons. The molecule has 0 aromatic carbocycles. The average molecular weight is 334 g/mol. The van der Waals surface area contributed by atoms with Crippen molar-refractivity contribution in [2.24, 2.45) is 0 Å². The number of halogens is 2. The molecule has 0 spiro atoms. The van der Waals surface area contributed by atoms with Gasteiger partial charge in [-0.3, -0.25) is 0 Å². The Labute approximate surface area is 105 Å². The van der Waals surface area contributed by atoms with Crippen LogP contribution in [-0.2, 0) is 0 Å². The van der Waals surface area contributed by atoms with E-state index in [2.05, 4.69) is 9.97 Å². The second kappa shape index (κ2) is 4.13. The number of thiophene rings is 1. The van der Waals surface area contributed by atoms with Gasteiger partial charge < -0.3 is 0 Å². The van der Waals surface area contributed by atoms with Gasteiger partial charge in [0.1, 0.15) is 0 Å². The second-order valence-corrected chi connectivity index (χ2v) is 5.17. The predicted octanol–water partition coefficient (Wildman–Crippen LogP) is 3.57. The lowest BCUT2D eigenvalue weighted by Crippen LogP contribution is -1.99. The Morgan fingerprint density at radius 2 is 2.07 bits per heavy atom. The fourth-order valence-corrected chi connectivity index (χ4v) is 2.33. The van der Waals surface area contributed by atoms with Crippen LogP contribution in [0.15, 0.2) is 11.4 Å². The van der Waals surface area contributed by atoms with E-state index in [4.69, 9.17) is 0 Å². The molecule has 5 heteroatoms. The predicted molar refractivity (Wildman–Crippen MR) is 67.5 cm³/mol. The first-order chi connectivity index (χ1) is 7.09. The largest absolute Gasteiger partial charge is 0.231 e. The average Bonchev–Trinajstić information content (AvgIpc) is 2.60. The third kappa shape index (κ3) is 2.03. The van der Waals surface area contributed by atoms with Gasteiger partial charge in [0.25, 0.3) is 0 Å². The molecule has 0 radical (unpaired) electrons. The molecule has 0 aliphatic carbocycles. The minimum Gasteiger partial charge on any atom is -0.231 e. The fourth-order valence-electron chi connectivity index (χ4n) is 1.23. The highest BCUT2D eigenvalue weighted by Crippen LogP contribution is 2.27. The smallest absolute Gasteiger partial charge is 0.230 e. The van der Waals surface area contributed by atoms with Crippen molar-refractivity contribution in [1.29, 1.82) is 0 Å².